The first-order valence-electron chi connectivity index (χ1n) is 7.68. The Hall–Kier alpha value is -1.32. The molecule has 0 aliphatic carbocycles. The fourth-order valence-corrected chi connectivity index (χ4v) is 3.27. The molecule has 0 saturated heterocycles. The van der Waals surface area contributed by atoms with Gasteiger partial charge in [-0.1, -0.05) is 53.7 Å². The van der Waals surface area contributed by atoms with Gasteiger partial charge in [0.15, 0.2) is 0 Å². The number of rotatable bonds is 2. The van der Waals surface area contributed by atoms with Crippen LogP contribution in [0.15, 0.2) is 29.6 Å². The Labute approximate surface area is 138 Å². The zero-order valence-electron chi connectivity index (χ0n) is 14.4. The van der Waals surface area contributed by atoms with Gasteiger partial charge in [0.2, 0.25) is 0 Å². The third-order valence-electron chi connectivity index (χ3n) is 4.00. The maximum atomic E-state index is 10.8. The Morgan fingerprint density at radius 2 is 1.68 bits per heavy atom. The van der Waals surface area contributed by atoms with Gasteiger partial charge in [-0.15, -0.1) is 11.3 Å². The van der Waals surface area contributed by atoms with E-state index in [0.29, 0.717) is 5.75 Å². The molecule has 0 aliphatic rings. The average molecular weight is 317 g/mol. The predicted molar refractivity (Wildman–Crippen MR) is 95.9 cm³/mol. The summed E-state index contributed by atoms with van der Waals surface area (Å²) in [6.07, 6.45) is 0. The van der Waals surface area contributed by atoms with Crippen molar-refractivity contribution in [1.29, 1.82) is 0 Å². The van der Waals surface area contributed by atoms with E-state index in [-0.39, 0.29) is 16.9 Å². The first-order valence-corrected chi connectivity index (χ1v) is 8.56. The summed E-state index contributed by atoms with van der Waals surface area (Å²) in [6.45, 7) is 12.9. The van der Waals surface area contributed by atoms with Crippen molar-refractivity contribution in [2.24, 2.45) is 5.73 Å². The van der Waals surface area contributed by atoms with Crippen molar-refractivity contribution >= 4 is 11.3 Å². The molecule has 0 spiro atoms. The van der Waals surface area contributed by atoms with Gasteiger partial charge in [0, 0.05) is 10.4 Å². The minimum absolute atomic E-state index is 0.0115. The topological polar surface area (TPSA) is 46.2 Å². The first-order chi connectivity index (χ1) is 10.0. The molecule has 0 amide bonds. The van der Waals surface area contributed by atoms with Gasteiger partial charge in [-0.2, -0.15) is 0 Å². The molecule has 0 bridgehead atoms. The lowest BCUT2D eigenvalue weighted by Gasteiger charge is -2.28. The highest BCUT2D eigenvalue weighted by Gasteiger charge is 2.27. The predicted octanol–water partition coefficient (Wildman–Crippen LogP) is 5.10. The average Bonchev–Trinajstić information content (AvgIpc) is 2.89. The van der Waals surface area contributed by atoms with Crippen LogP contribution in [0.2, 0.25) is 0 Å². The van der Waals surface area contributed by atoms with Crippen LogP contribution in [0.5, 0.6) is 5.75 Å². The highest BCUT2D eigenvalue weighted by atomic mass is 32.1. The van der Waals surface area contributed by atoms with E-state index < -0.39 is 0 Å². The van der Waals surface area contributed by atoms with E-state index in [1.807, 2.05) is 17.5 Å². The van der Waals surface area contributed by atoms with Crippen molar-refractivity contribution < 1.29 is 5.11 Å². The van der Waals surface area contributed by atoms with Crippen LogP contribution in [-0.4, -0.2) is 5.11 Å². The molecule has 3 N–H and O–H groups in total. The van der Waals surface area contributed by atoms with E-state index in [2.05, 4.69) is 53.7 Å². The number of hydrogen-bond acceptors (Lipinski definition) is 3. The lowest BCUT2D eigenvalue weighted by atomic mass is 9.78. The van der Waals surface area contributed by atoms with Crippen molar-refractivity contribution in [3.05, 3.63) is 51.2 Å². The fraction of sp³-hybridized carbons (Fsp3) is 0.474. The molecular formula is C19H27NOS. The molecule has 1 aromatic heterocycles. The second-order valence-electron chi connectivity index (χ2n) is 7.95. The molecule has 1 heterocycles. The Kier molecular flexibility index (Phi) is 4.42. The molecule has 2 rings (SSSR count). The van der Waals surface area contributed by atoms with Gasteiger partial charge in [-0.25, -0.2) is 0 Å². The summed E-state index contributed by atoms with van der Waals surface area (Å²) < 4.78 is 0. The minimum atomic E-state index is -0.289. The molecule has 120 valence electrons. The van der Waals surface area contributed by atoms with E-state index in [1.54, 1.807) is 11.3 Å². The van der Waals surface area contributed by atoms with Crippen LogP contribution in [0.4, 0.5) is 0 Å². The third-order valence-corrected chi connectivity index (χ3v) is 4.95. The standard InChI is InChI=1S/C19H27NOS/c1-18(2,3)12-10-13(16(20)15-8-7-9-22-15)17(21)14(11-12)19(4,5)6/h7-11,16,21H,20H2,1-6H3/t16-/m1/s1. The number of phenols is 1. The van der Waals surface area contributed by atoms with Gasteiger partial charge in [0.1, 0.15) is 5.75 Å². The van der Waals surface area contributed by atoms with Crippen molar-refractivity contribution in [3.63, 3.8) is 0 Å². The van der Waals surface area contributed by atoms with Crippen molar-refractivity contribution in [2.75, 3.05) is 0 Å². The fourth-order valence-electron chi connectivity index (χ4n) is 2.52. The van der Waals surface area contributed by atoms with Crippen LogP contribution in [0.25, 0.3) is 0 Å². The first kappa shape index (κ1) is 17.0. The summed E-state index contributed by atoms with van der Waals surface area (Å²) in [7, 11) is 0. The van der Waals surface area contributed by atoms with E-state index in [0.717, 1.165) is 16.0 Å². The molecule has 0 unspecified atom stereocenters. The van der Waals surface area contributed by atoms with Gasteiger partial charge >= 0.3 is 0 Å². The van der Waals surface area contributed by atoms with Crippen LogP contribution in [-0.2, 0) is 10.8 Å². The van der Waals surface area contributed by atoms with Gasteiger partial charge in [-0.05, 0) is 39.5 Å². The van der Waals surface area contributed by atoms with Gasteiger partial charge < -0.3 is 10.8 Å². The molecule has 3 heteroatoms. The summed E-state index contributed by atoms with van der Waals surface area (Å²) in [4.78, 5) is 1.07. The van der Waals surface area contributed by atoms with E-state index in [9.17, 15) is 5.11 Å². The maximum Gasteiger partial charge on any atom is 0.124 e. The zero-order valence-corrected chi connectivity index (χ0v) is 15.2. The molecule has 0 radical (unpaired) electrons. The second-order valence-corrected chi connectivity index (χ2v) is 8.93. The lowest BCUT2D eigenvalue weighted by Crippen LogP contribution is -2.20. The van der Waals surface area contributed by atoms with Crippen molar-refractivity contribution in [2.45, 2.75) is 58.4 Å². The van der Waals surface area contributed by atoms with Crippen LogP contribution in [0.3, 0.4) is 0 Å². The second kappa shape index (κ2) is 5.71. The van der Waals surface area contributed by atoms with Gasteiger partial charge in [0.25, 0.3) is 0 Å². The van der Waals surface area contributed by atoms with E-state index in [4.69, 9.17) is 5.73 Å². The van der Waals surface area contributed by atoms with Crippen molar-refractivity contribution in [3.8, 4) is 5.75 Å². The van der Waals surface area contributed by atoms with Crippen LogP contribution in [0.1, 0.15) is 69.2 Å². The van der Waals surface area contributed by atoms with Gasteiger partial charge in [-0.3, -0.25) is 0 Å². The largest absolute Gasteiger partial charge is 0.507 e. The zero-order chi connectivity index (χ0) is 16.7. The van der Waals surface area contributed by atoms with Crippen LogP contribution >= 0.6 is 11.3 Å². The normalized spacial score (nSPS) is 14.1. The highest BCUT2D eigenvalue weighted by molar-refractivity contribution is 7.10. The monoisotopic (exact) mass is 317 g/mol. The van der Waals surface area contributed by atoms with E-state index in [1.165, 1.54) is 5.56 Å². The van der Waals surface area contributed by atoms with E-state index >= 15 is 0 Å². The summed E-state index contributed by atoms with van der Waals surface area (Å²) in [5.74, 6) is 0.335. The smallest absolute Gasteiger partial charge is 0.124 e. The number of thiophene rings is 1. The molecule has 1 atom stereocenters. The Bertz CT molecular complexity index is 645. The number of nitrogens with two attached hydrogens (primary N) is 1. The summed E-state index contributed by atoms with van der Waals surface area (Å²) >= 11 is 1.63. The SMILES string of the molecule is CC(C)(C)c1cc([C@@H](N)c2cccs2)c(O)c(C(C)(C)C)c1. The quantitative estimate of drug-likeness (QED) is 0.809. The number of aromatic hydroxyl groups is 1. The summed E-state index contributed by atoms with van der Waals surface area (Å²) in [5.41, 5.74) is 9.30. The van der Waals surface area contributed by atoms with Gasteiger partial charge in [0.05, 0.1) is 6.04 Å². The number of phenolic OH excluding ortho intramolecular Hbond substituents is 1. The molecule has 1 aromatic carbocycles. The summed E-state index contributed by atoms with van der Waals surface area (Å²) in [5, 5.41) is 12.8. The van der Waals surface area contributed by atoms with Crippen LogP contribution in [0, 0.1) is 0 Å². The molecule has 0 saturated carbocycles. The molecule has 2 nitrogen and oxygen atoms in total. The molecule has 22 heavy (non-hydrogen) atoms. The van der Waals surface area contributed by atoms with Crippen molar-refractivity contribution in [1.82, 2.24) is 0 Å². The third kappa shape index (κ3) is 3.36. The number of hydrogen-bond donors (Lipinski definition) is 2. The molecule has 0 aliphatic heterocycles. The Morgan fingerprint density at radius 1 is 1.05 bits per heavy atom. The highest BCUT2D eigenvalue weighted by Crippen LogP contribution is 2.41. The summed E-state index contributed by atoms with van der Waals surface area (Å²) in [6, 6.07) is 7.92. The number of benzene rings is 1. The molecular weight excluding hydrogens is 290 g/mol. The Morgan fingerprint density at radius 3 is 2.14 bits per heavy atom. The molecule has 2 aromatic rings. The molecule has 0 fully saturated rings. The van der Waals surface area contributed by atoms with Crippen LogP contribution < -0.4 is 5.73 Å². The minimum Gasteiger partial charge on any atom is -0.507 e. The Balaban J connectivity index is 2.67. The lowest BCUT2D eigenvalue weighted by molar-refractivity contribution is 0.436. The maximum absolute atomic E-state index is 10.8.